The van der Waals surface area contributed by atoms with E-state index < -0.39 is 5.54 Å². The highest BCUT2D eigenvalue weighted by atomic mass is 19.1. The topological polar surface area (TPSA) is 124 Å². The Labute approximate surface area is 233 Å². The summed E-state index contributed by atoms with van der Waals surface area (Å²) >= 11 is 0. The first kappa shape index (κ1) is 24.8. The lowest BCUT2D eigenvalue weighted by Crippen LogP contribution is -2.56. The van der Waals surface area contributed by atoms with Gasteiger partial charge in [-0.25, -0.2) is 14.1 Å². The summed E-state index contributed by atoms with van der Waals surface area (Å²) in [5.41, 5.74) is 7.67. The van der Waals surface area contributed by atoms with Gasteiger partial charge in [0.1, 0.15) is 5.82 Å². The van der Waals surface area contributed by atoms with Crippen LogP contribution in [0.25, 0.3) is 28.3 Å². The van der Waals surface area contributed by atoms with E-state index >= 15 is 0 Å². The Balaban J connectivity index is 1.29. The van der Waals surface area contributed by atoms with E-state index in [-0.39, 0.29) is 17.7 Å². The Morgan fingerprint density at radius 3 is 2.41 bits per heavy atom. The molecule has 1 aliphatic rings. The first-order chi connectivity index (χ1) is 19.9. The van der Waals surface area contributed by atoms with Crippen molar-refractivity contribution in [3.8, 4) is 11.6 Å². The number of nitrogens with two attached hydrogens (primary N) is 1. The van der Waals surface area contributed by atoms with E-state index in [2.05, 4.69) is 20.0 Å². The molecule has 1 amide bonds. The smallest absolute Gasteiger partial charge is 0.255 e. The molecule has 0 spiro atoms. The summed E-state index contributed by atoms with van der Waals surface area (Å²) < 4.78 is 22.0. The van der Waals surface area contributed by atoms with Crippen molar-refractivity contribution in [1.29, 1.82) is 0 Å². The van der Waals surface area contributed by atoms with Gasteiger partial charge in [0.2, 0.25) is 11.8 Å². The van der Waals surface area contributed by atoms with Crippen LogP contribution in [-0.4, -0.2) is 66.3 Å². The van der Waals surface area contributed by atoms with Crippen molar-refractivity contribution in [2.75, 3.05) is 36.8 Å². The van der Waals surface area contributed by atoms with Gasteiger partial charge in [0.05, 0.1) is 17.8 Å². The van der Waals surface area contributed by atoms with Crippen LogP contribution in [-0.2, 0) is 10.3 Å². The third kappa shape index (κ3) is 3.98. The van der Waals surface area contributed by atoms with Crippen LogP contribution >= 0.6 is 0 Å². The summed E-state index contributed by atoms with van der Waals surface area (Å²) in [6.45, 7) is 4.07. The minimum absolute atomic E-state index is 0.107. The number of rotatable bonds is 5. The van der Waals surface area contributed by atoms with Crippen molar-refractivity contribution in [2.45, 2.75) is 12.5 Å². The minimum atomic E-state index is -1.23. The normalized spacial score (nSPS) is 15.5. The monoisotopic (exact) mass is 551 g/mol. The number of aromatic nitrogens is 6. The number of piperazine rings is 1. The van der Waals surface area contributed by atoms with Gasteiger partial charge in [0.25, 0.3) is 5.91 Å². The molecule has 6 aromatic rings. The molecule has 0 aliphatic carbocycles. The van der Waals surface area contributed by atoms with E-state index in [1.165, 1.54) is 16.6 Å². The average molecular weight is 552 g/mol. The lowest BCUT2D eigenvalue weighted by molar-refractivity contribution is -0.138. The number of anilines is 2. The van der Waals surface area contributed by atoms with Crippen LogP contribution in [0.3, 0.4) is 0 Å². The quantitative estimate of drug-likeness (QED) is 0.345. The zero-order valence-corrected chi connectivity index (χ0v) is 22.2. The summed E-state index contributed by atoms with van der Waals surface area (Å²) in [5, 5.41) is 9.76. The SMILES string of the molecule is C[C@@](C(=O)N1CCN(c2ccc(F)cc2)CC1)(c1ccccc1)n1ncc2c1nc(N)n1nc(-c3ccco3)nc21. The number of halogens is 1. The van der Waals surface area contributed by atoms with Gasteiger partial charge in [-0.2, -0.15) is 14.6 Å². The van der Waals surface area contributed by atoms with Crippen LogP contribution in [0.4, 0.5) is 16.0 Å². The maximum Gasteiger partial charge on any atom is 0.255 e. The fourth-order valence-electron chi connectivity index (χ4n) is 5.47. The molecule has 2 N–H and O–H groups in total. The number of fused-ring (bicyclic) bond motifs is 3. The lowest BCUT2D eigenvalue weighted by Gasteiger charge is -2.40. The number of carbonyl (C=O) groups excluding carboxylic acids is 1. The lowest BCUT2D eigenvalue weighted by atomic mass is 9.90. The fourth-order valence-corrected chi connectivity index (χ4v) is 5.47. The first-order valence-corrected chi connectivity index (χ1v) is 13.2. The van der Waals surface area contributed by atoms with E-state index in [1.54, 1.807) is 41.4 Å². The van der Waals surface area contributed by atoms with Crippen molar-refractivity contribution in [3.05, 3.63) is 90.6 Å². The van der Waals surface area contributed by atoms with Gasteiger partial charge >= 0.3 is 0 Å². The molecule has 41 heavy (non-hydrogen) atoms. The zero-order chi connectivity index (χ0) is 28.1. The minimum Gasteiger partial charge on any atom is -0.461 e. The number of nitrogens with zero attached hydrogens (tertiary/aromatic N) is 8. The number of carbonyl (C=O) groups is 1. The molecule has 7 rings (SSSR count). The van der Waals surface area contributed by atoms with Crippen molar-refractivity contribution in [3.63, 3.8) is 0 Å². The van der Waals surface area contributed by atoms with E-state index in [0.29, 0.717) is 54.4 Å². The van der Waals surface area contributed by atoms with E-state index in [0.717, 1.165) is 11.3 Å². The Kier molecular flexibility index (Phi) is 5.70. The summed E-state index contributed by atoms with van der Waals surface area (Å²) in [7, 11) is 0. The van der Waals surface area contributed by atoms with Gasteiger partial charge in [0.15, 0.2) is 22.6 Å². The molecule has 0 saturated carbocycles. The largest absolute Gasteiger partial charge is 0.461 e. The van der Waals surface area contributed by atoms with Crippen LogP contribution in [0.1, 0.15) is 12.5 Å². The summed E-state index contributed by atoms with van der Waals surface area (Å²) in [5.74, 6) is 0.575. The van der Waals surface area contributed by atoms with Crippen LogP contribution in [0.15, 0.2) is 83.6 Å². The predicted octanol–water partition coefficient (Wildman–Crippen LogP) is 3.57. The molecule has 0 radical (unpaired) electrons. The second-order valence-corrected chi connectivity index (χ2v) is 10.1. The van der Waals surface area contributed by atoms with Crippen LogP contribution in [0.5, 0.6) is 0 Å². The van der Waals surface area contributed by atoms with E-state index in [1.807, 2.05) is 42.2 Å². The van der Waals surface area contributed by atoms with Gasteiger partial charge in [-0.05, 0) is 48.9 Å². The zero-order valence-electron chi connectivity index (χ0n) is 22.2. The Hall–Kier alpha value is -5.26. The fraction of sp³-hybridized carbons (Fsp3) is 0.207. The summed E-state index contributed by atoms with van der Waals surface area (Å²) in [6.07, 6.45) is 3.19. The molecule has 2 aromatic carbocycles. The molecule has 1 atom stereocenters. The van der Waals surface area contributed by atoms with Crippen molar-refractivity contribution < 1.29 is 13.6 Å². The second kappa shape index (κ2) is 9.44. The van der Waals surface area contributed by atoms with Crippen molar-refractivity contribution in [1.82, 2.24) is 34.3 Å². The molecular formula is C29H26FN9O2. The Morgan fingerprint density at radius 1 is 0.951 bits per heavy atom. The van der Waals surface area contributed by atoms with Gasteiger partial charge in [-0.1, -0.05) is 30.3 Å². The average Bonchev–Trinajstić information content (AvgIpc) is 3.78. The van der Waals surface area contributed by atoms with E-state index in [4.69, 9.17) is 15.2 Å². The third-order valence-electron chi connectivity index (χ3n) is 7.71. The number of nitrogen functional groups attached to an aromatic ring is 1. The highest BCUT2D eigenvalue weighted by molar-refractivity contribution is 5.94. The molecule has 5 heterocycles. The molecule has 1 aliphatic heterocycles. The molecule has 206 valence electrons. The van der Waals surface area contributed by atoms with Crippen LogP contribution in [0.2, 0.25) is 0 Å². The first-order valence-electron chi connectivity index (χ1n) is 13.2. The van der Waals surface area contributed by atoms with Crippen LogP contribution < -0.4 is 10.6 Å². The molecule has 4 aromatic heterocycles. The molecule has 1 fully saturated rings. The van der Waals surface area contributed by atoms with Gasteiger partial charge in [0, 0.05) is 31.9 Å². The highest BCUT2D eigenvalue weighted by Gasteiger charge is 2.43. The molecule has 0 unspecified atom stereocenters. The number of amides is 1. The standard InChI is InChI=1S/C29H26FN9O2/c1-29(19-6-3-2-4-7-19,27(40)37-15-13-36(14-16-37)21-11-9-20(30)10-12-21)39-26-22(18-32-39)25-33-24(23-8-5-17-41-23)35-38(25)28(31)34-26/h2-12,17-18H,13-16H2,1H3,(H2,31,34)/t29-/m0/s1. The predicted molar refractivity (Wildman–Crippen MR) is 151 cm³/mol. The number of furan rings is 1. The van der Waals surface area contributed by atoms with Gasteiger partial charge < -0.3 is 20.0 Å². The second-order valence-electron chi connectivity index (χ2n) is 10.1. The molecular weight excluding hydrogens is 525 g/mol. The maximum atomic E-state index is 14.5. The van der Waals surface area contributed by atoms with Gasteiger partial charge in [-0.3, -0.25) is 4.79 Å². The summed E-state index contributed by atoms with van der Waals surface area (Å²) in [6, 6.07) is 19.5. The number of benzene rings is 2. The Morgan fingerprint density at radius 2 is 1.71 bits per heavy atom. The maximum absolute atomic E-state index is 14.5. The molecule has 0 bridgehead atoms. The van der Waals surface area contributed by atoms with Crippen molar-refractivity contribution >= 4 is 34.2 Å². The highest BCUT2D eigenvalue weighted by Crippen LogP contribution is 2.33. The molecule has 11 nitrogen and oxygen atoms in total. The molecule has 12 heteroatoms. The molecule has 1 saturated heterocycles. The van der Waals surface area contributed by atoms with Gasteiger partial charge in [-0.15, -0.1) is 5.10 Å². The number of hydrogen-bond acceptors (Lipinski definition) is 8. The van der Waals surface area contributed by atoms with E-state index in [9.17, 15) is 9.18 Å². The van der Waals surface area contributed by atoms with Crippen LogP contribution in [0, 0.1) is 5.82 Å². The number of hydrogen-bond donors (Lipinski definition) is 1. The summed E-state index contributed by atoms with van der Waals surface area (Å²) in [4.78, 5) is 27.7. The van der Waals surface area contributed by atoms with Crippen molar-refractivity contribution in [2.24, 2.45) is 0 Å². The Bertz CT molecular complexity index is 1860. The third-order valence-corrected chi connectivity index (χ3v) is 7.71.